The fourth-order valence-electron chi connectivity index (χ4n) is 2.93. The minimum Gasteiger partial charge on any atom is -0.493 e. The van der Waals surface area contributed by atoms with E-state index in [0.717, 1.165) is 16.8 Å². The van der Waals surface area contributed by atoms with E-state index in [0.29, 0.717) is 23.9 Å². The van der Waals surface area contributed by atoms with Gasteiger partial charge in [-0.1, -0.05) is 18.2 Å². The number of hydrogen-bond donors (Lipinski definition) is 1. The molecule has 3 rings (SSSR count). The molecular weight excluding hydrogens is 380 g/mol. The summed E-state index contributed by atoms with van der Waals surface area (Å²) in [7, 11) is 7.17. The van der Waals surface area contributed by atoms with E-state index < -0.39 is 0 Å². The summed E-state index contributed by atoms with van der Waals surface area (Å²) in [5, 5.41) is 7.19. The molecular formula is C23H26N4O3. The predicted octanol–water partition coefficient (Wildman–Crippen LogP) is 3.67. The maximum absolute atomic E-state index is 12.4. The molecule has 0 atom stereocenters. The number of rotatable bonds is 8. The van der Waals surface area contributed by atoms with Gasteiger partial charge >= 0.3 is 0 Å². The van der Waals surface area contributed by atoms with E-state index in [1.54, 1.807) is 43.3 Å². The molecule has 0 saturated carbocycles. The van der Waals surface area contributed by atoms with Crippen LogP contribution in [0.4, 0.5) is 11.5 Å². The molecule has 0 radical (unpaired) electrons. The van der Waals surface area contributed by atoms with Crippen molar-refractivity contribution in [1.82, 2.24) is 9.78 Å². The number of aromatic nitrogens is 2. The number of amides is 1. The summed E-state index contributed by atoms with van der Waals surface area (Å²) in [6, 6.07) is 15.5. The Hall–Kier alpha value is -3.74. The van der Waals surface area contributed by atoms with Crippen molar-refractivity contribution in [3.63, 3.8) is 0 Å². The summed E-state index contributed by atoms with van der Waals surface area (Å²) in [6.07, 6.45) is 4.87. The average molecular weight is 406 g/mol. The van der Waals surface area contributed by atoms with Crippen LogP contribution < -0.4 is 19.7 Å². The van der Waals surface area contributed by atoms with Crippen LogP contribution in [0.15, 0.2) is 60.8 Å². The minimum atomic E-state index is -0.241. The molecule has 0 unspecified atom stereocenters. The van der Waals surface area contributed by atoms with Crippen molar-refractivity contribution >= 4 is 23.5 Å². The van der Waals surface area contributed by atoms with E-state index in [1.165, 1.54) is 6.08 Å². The predicted molar refractivity (Wildman–Crippen MR) is 119 cm³/mol. The third-order valence-corrected chi connectivity index (χ3v) is 4.59. The van der Waals surface area contributed by atoms with Crippen molar-refractivity contribution < 1.29 is 14.3 Å². The van der Waals surface area contributed by atoms with Gasteiger partial charge < -0.3 is 19.7 Å². The van der Waals surface area contributed by atoms with Gasteiger partial charge in [-0.05, 0) is 41.5 Å². The van der Waals surface area contributed by atoms with Crippen LogP contribution in [0.2, 0.25) is 0 Å². The van der Waals surface area contributed by atoms with E-state index in [1.807, 2.05) is 31.1 Å². The molecule has 0 saturated heterocycles. The molecule has 0 aliphatic carbocycles. The molecule has 0 aliphatic heterocycles. The van der Waals surface area contributed by atoms with Gasteiger partial charge in [0.1, 0.15) is 5.82 Å². The molecule has 0 bridgehead atoms. The summed E-state index contributed by atoms with van der Waals surface area (Å²) in [5.41, 5.74) is 3.06. The van der Waals surface area contributed by atoms with E-state index in [9.17, 15) is 4.79 Å². The zero-order valence-electron chi connectivity index (χ0n) is 17.6. The van der Waals surface area contributed by atoms with Gasteiger partial charge in [-0.15, -0.1) is 0 Å². The number of nitrogens with one attached hydrogen (secondary N) is 1. The molecule has 7 nitrogen and oxygen atoms in total. The quantitative estimate of drug-likeness (QED) is 0.578. The number of benzene rings is 2. The zero-order chi connectivity index (χ0) is 21.5. The van der Waals surface area contributed by atoms with Gasteiger partial charge in [0.15, 0.2) is 11.5 Å². The lowest BCUT2D eigenvalue weighted by molar-refractivity contribution is -0.111. The molecule has 3 aromatic rings. The lowest BCUT2D eigenvalue weighted by Gasteiger charge is -2.13. The van der Waals surface area contributed by atoms with Crippen molar-refractivity contribution in [2.24, 2.45) is 0 Å². The highest BCUT2D eigenvalue weighted by atomic mass is 16.5. The van der Waals surface area contributed by atoms with Crippen LogP contribution >= 0.6 is 0 Å². The summed E-state index contributed by atoms with van der Waals surface area (Å²) in [5.74, 6) is 1.64. The first-order valence-electron chi connectivity index (χ1n) is 9.49. The fraction of sp³-hybridized carbons (Fsp3) is 0.217. The smallest absolute Gasteiger partial charge is 0.249 e. The highest BCUT2D eigenvalue weighted by Crippen LogP contribution is 2.28. The standard InChI is InChI=1S/C23H26N4O3/c1-26(2)19-9-5-18(6-10-19)16-27-22(13-14-24-27)25-23(28)12-8-17-7-11-20(29-3)21(15-17)30-4/h5-15H,16H2,1-4H3,(H,25,28)/b12-8+. The Morgan fingerprint density at radius 3 is 2.47 bits per heavy atom. The Labute approximate surface area is 176 Å². The molecule has 0 fully saturated rings. The van der Waals surface area contributed by atoms with Crippen molar-refractivity contribution in [3.05, 3.63) is 71.9 Å². The Morgan fingerprint density at radius 2 is 1.80 bits per heavy atom. The third kappa shape index (κ3) is 5.20. The summed E-state index contributed by atoms with van der Waals surface area (Å²) < 4.78 is 12.3. The van der Waals surface area contributed by atoms with Crippen LogP contribution in [0.5, 0.6) is 11.5 Å². The van der Waals surface area contributed by atoms with Crippen molar-refractivity contribution in [1.29, 1.82) is 0 Å². The number of methoxy groups -OCH3 is 2. The van der Waals surface area contributed by atoms with Gasteiger partial charge in [-0.2, -0.15) is 5.10 Å². The van der Waals surface area contributed by atoms with Crippen LogP contribution in [0, 0.1) is 0 Å². The Kier molecular flexibility index (Phi) is 6.75. The highest BCUT2D eigenvalue weighted by molar-refractivity contribution is 6.01. The van der Waals surface area contributed by atoms with E-state index in [2.05, 4.69) is 34.7 Å². The summed E-state index contributed by atoms with van der Waals surface area (Å²) in [6.45, 7) is 0.565. The van der Waals surface area contributed by atoms with E-state index in [-0.39, 0.29) is 5.91 Å². The first-order chi connectivity index (χ1) is 14.5. The van der Waals surface area contributed by atoms with Gasteiger partial charge in [-0.3, -0.25) is 4.79 Å². The van der Waals surface area contributed by atoms with Gasteiger partial charge in [-0.25, -0.2) is 4.68 Å². The van der Waals surface area contributed by atoms with Crippen molar-refractivity contribution in [2.45, 2.75) is 6.54 Å². The first kappa shape index (κ1) is 21.0. The number of carbonyl (C=O) groups excluding carboxylic acids is 1. The molecule has 1 N–H and O–H groups in total. The SMILES string of the molecule is COc1ccc(/C=C/C(=O)Nc2ccnn2Cc2ccc(N(C)C)cc2)cc1OC. The molecule has 2 aromatic carbocycles. The van der Waals surface area contributed by atoms with E-state index >= 15 is 0 Å². The fourth-order valence-corrected chi connectivity index (χ4v) is 2.93. The maximum Gasteiger partial charge on any atom is 0.249 e. The van der Waals surface area contributed by atoms with Crippen LogP contribution in [-0.4, -0.2) is 44.0 Å². The monoisotopic (exact) mass is 406 g/mol. The van der Waals surface area contributed by atoms with Gasteiger partial charge in [0, 0.05) is 31.9 Å². The van der Waals surface area contributed by atoms with Crippen molar-refractivity contribution in [3.8, 4) is 11.5 Å². The van der Waals surface area contributed by atoms with Gasteiger partial charge in [0.2, 0.25) is 5.91 Å². The lowest BCUT2D eigenvalue weighted by Crippen LogP contribution is -2.14. The molecule has 7 heteroatoms. The van der Waals surface area contributed by atoms with Crippen LogP contribution in [0.25, 0.3) is 6.08 Å². The third-order valence-electron chi connectivity index (χ3n) is 4.59. The zero-order valence-corrected chi connectivity index (χ0v) is 17.6. The Balaban J connectivity index is 1.65. The normalized spacial score (nSPS) is 10.8. The number of hydrogen-bond acceptors (Lipinski definition) is 5. The molecule has 1 heterocycles. The van der Waals surface area contributed by atoms with Gasteiger partial charge in [0.05, 0.1) is 27.0 Å². The molecule has 0 aliphatic rings. The second-order valence-electron chi connectivity index (χ2n) is 6.87. The average Bonchev–Trinajstić information content (AvgIpc) is 3.18. The number of carbonyl (C=O) groups is 1. The first-order valence-corrected chi connectivity index (χ1v) is 9.49. The Morgan fingerprint density at radius 1 is 1.07 bits per heavy atom. The number of ether oxygens (including phenoxy) is 2. The molecule has 1 aromatic heterocycles. The Bertz CT molecular complexity index is 1020. The van der Waals surface area contributed by atoms with Gasteiger partial charge in [0.25, 0.3) is 0 Å². The molecule has 1 amide bonds. The summed E-state index contributed by atoms with van der Waals surface area (Å²) >= 11 is 0. The number of anilines is 2. The summed E-state index contributed by atoms with van der Waals surface area (Å²) in [4.78, 5) is 14.4. The topological polar surface area (TPSA) is 68.6 Å². The lowest BCUT2D eigenvalue weighted by atomic mass is 10.2. The second kappa shape index (κ2) is 9.65. The molecule has 156 valence electrons. The van der Waals surface area contributed by atoms with Crippen LogP contribution in [0.3, 0.4) is 0 Å². The van der Waals surface area contributed by atoms with Crippen molar-refractivity contribution in [2.75, 3.05) is 38.5 Å². The minimum absolute atomic E-state index is 0.241. The van der Waals surface area contributed by atoms with E-state index in [4.69, 9.17) is 9.47 Å². The van der Waals surface area contributed by atoms with Crippen LogP contribution in [0.1, 0.15) is 11.1 Å². The highest BCUT2D eigenvalue weighted by Gasteiger charge is 2.07. The van der Waals surface area contributed by atoms with Crippen LogP contribution in [-0.2, 0) is 11.3 Å². The molecule has 0 spiro atoms. The maximum atomic E-state index is 12.4. The number of nitrogens with zero attached hydrogens (tertiary/aromatic N) is 3. The second-order valence-corrected chi connectivity index (χ2v) is 6.87. The largest absolute Gasteiger partial charge is 0.493 e. The molecule has 30 heavy (non-hydrogen) atoms.